The molecule has 1 amide bonds. The zero-order valence-corrected chi connectivity index (χ0v) is 14.0. The first kappa shape index (κ1) is 17.6. The highest BCUT2D eigenvalue weighted by molar-refractivity contribution is 7.80. The second-order valence-corrected chi connectivity index (χ2v) is 5.35. The van der Waals surface area contributed by atoms with Gasteiger partial charge in [0.05, 0.1) is 17.1 Å². The Kier molecular flexibility index (Phi) is 5.67. The van der Waals surface area contributed by atoms with E-state index in [2.05, 4.69) is 10.6 Å². The van der Waals surface area contributed by atoms with E-state index in [9.17, 15) is 14.9 Å². The van der Waals surface area contributed by atoms with Crippen molar-refractivity contribution in [1.29, 1.82) is 0 Å². The third-order valence-electron chi connectivity index (χ3n) is 2.98. The van der Waals surface area contributed by atoms with Crippen molar-refractivity contribution in [3.8, 4) is 5.75 Å². The molecule has 2 N–H and O–H groups in total. The second kappa shape index (κ2) is 7.71. The highest BCUT2D eigenvalue weighted by Gasteiger charge is 2.19. The molecule has 0 aliphatic rings. The standard InChI is InChI=1S/C15H12ClN3O4S/c1-23-13-7-6-9(8-11(13)16)17-15(24)18-14(20)10-4-2-3-5-12(10)19(21)22/h2-8H,1H3,(H2,17,18,20,24). The van der Waals surface area contributed by atoms with E-state index in [0.717, 1.165) is 0 Å². The minimum Gasteiger partial charge on any atom is -0.495 e. The highest BCUT2D eigenvalue weighted by Crippen LogP contribution is 2.27. The van der Waals surface area contributed by atoms with Gasteiger partial charge in [-0.25, -0.2) is 0 Å². The van der Waals surface area contributed by atoms with Gasteiger partial charge in [-0.2, -0.15) is 0 Å². The molecule has 0 heterocycles. The van der Waals surface area contributed by atoms with Crippen LogP contribution in [0, 0.1) is 10.1 Å². The predicted molar refractivity (Wildman–Crippen MR) is 94.8 cm³/mol. The summed E-state index contributed by atoms with van der Waals surface area (Å²) in [6.45, 7) is 0. The van der Waals surface area contributed by atoms with Gasteiger partial charge in [0, 0.05) is 11.8 Å². The molecule has 0 aliphatic carbocycles. The van der Waals surface area contributed by atoms with E-state index in [1.54, 1.807) is 18.2 Å². The van der Waals surface area contributed by atoms with Gasteiger partial charge in [0.2, 0.25) is 0 Å². The van der Waals surface area contributed by atoms with Crippen LogP contribution in [0.3, 0.4) is 0 Å². The van der Waals surface area contributed by atoms with Gasteiger partial charge in [0.1, 0.15) is 11.3 Å². The van der Waals surface area contributed by atoms with Crippen LogP contribution in [0.5, 0.6) is 5.75 Å². The molecule has 0 spiro atoms. The molecule has 7 nitrogen and oxygen atoms in total. The normalized spacial score (nSPS) is 9.92. The van der Waals surface area contributed by atoms with Crippen LogP contribution in [-0.4, -0.2) is 23.1 Å². The number of hydrogen-bond donors (Lipinski definition) is 2. The number of nitrogens with one attached hydrogen (secondary N) is 2. The van der Waals surface area contributed by atoms with Crippen molar-refractivity contribution >= 4 is 46.2 Å². The number of hydrogen-bond acceptors (Lipinski definition) is 5. The minimum atomic E-state index is -0.681. The predicted octanol–water partition coefficient (Wildman–Crippen LogP) is 3.38. The number of methoxy groups -OCH3 is 1. The summed E-state index contributed by atoms with van der Waals surface area (Å²) in [6.07, 6.45) is 0. The molecule has 0 aromatic heterocycles. The number of nitro groups is 1. The lowest BCUT2D eigenvalue weighted by Crippen LogP contribution is -2.34. The van der Waals surface area contributed by atoms with Crippen molar-refractivity contribution < 1.29 is 14.5 Å². The van der Waals surface area contributed by atoms with Crippen molar-refractivity contribution in [2.45, 2.75) is 0 Å². The molecule has 0 unspecified atom stereocenters. The second-order valence-electron chi connectivity index (χ2n) is 4.53. The molecule has 9 heteroatoms. The summed E-state index contributed by atoms with van der Waals surface area (Å²) in [7, 11) is 1.49. The van der Waals surface area contributed by atoms with E-state index in [1.165, 1.54) is 31.4 Å². The van der Waals surface area contributed by atoms with Gasteiger partial charge >= 0.3 is 0 Å². The fourth-order valence-electron chi connectivity index (χ4n) is 1.90. The van der Waals surface area contributed by atoms with Gasteiger partial charge in [-0.1, -0.05) is 23.7 Å². The molecule has 2 aromatic carbocycles. The molecule has 0 atom stereocenters. The van der Waals surface area contributed by atoms with Crippen molar-refractivity contribution in [2.24, 2.45) is 0 Å². The molecule has 124 valence electrons. The Hall–Kier alpha value is -2.71. The minimum absolute atomic E-state index is 0.0145. The van der Waals surface area contributed by atoms with E-state index in [1.807, 2.05) is 0 Å². The third kappa shape index (κ3) is 4.18. The van der Waals surface area contributed by atoms with Crippen LogP contribution in [0.1, 0.15) is 10.4 Å². The Balaban J connectivity index is 2.09. The van der Waals surface area contributed by atoms with Crippen LogP contribution in [0.4, 0.5) is 11.4 Å². The third-order valence-corrected chi connectivity index (χ3v) is 3.48. The molecular weight excluding hydrogens is 354 g/mol. The summed E-state index contributed by atoms with van der Waals surface area (Å²) >= 11 is 11.0. The Morgan fingerprint density at radius 2 is 2.00 bits per heavy atom. The Labute approximate surface area is 147 Å². The van der Waals surface area contributed by atoms with Crippen LogP contribution in [0.15, 0.2) is 42.5 Å². The fourth-order valence-corrected chi connectivity index (χ4v) is 2.37. The first-order chi connectivity index (χ1) is 11.4. The maximum absolute atomic E-state index is 12.1. The molecule has 0 radical (unpaired) electrons. The van der Waals surface area contributed by atoms with Gasteiger partial charge in [-0.15, -0.1) is 0 Å². The zero-order valence-electron chi connectivity index (χ0n) is 12.4. The smallest absolute Gasteiger partial charge is 0.282 e. The molecule has 24 heavy (non-hydrogen) atoms. The van der Waals surface area contributed by atoms with E-state index >= 15 is 0 Å². The van der Waals surface area contributed by atoms with E-state index in [4.69, 9.17) is 28.6 Å². The highest BCUT2D eigenvalue weighted by atomic mass is 35.5. The first-order valence-corrected chi connectivity index (χ1v) is 7.40. The summed E-state index contributed by atoms with van der Waals surface area (Å²) in [5.41, 5.74) is 0.151. The zero-order chi connectivity index (χ0) is 17.7. The molecular formula is C15H12ClN3O4S. The summed E-state index contributed by atoms with van der Waals surface area (Å²) in [4.78, 5) is 22.5. The number of thiocarbonyl (C=S) groups is 1. The fraction of sp³-hybridized carbons (Fsp3) is 0.0667. The quantitative estimate of drug-likeness (QED) is 0.490. The molecule has 0 bridgehead atoms. The van der Waals surface area contributed by atoms with Gasteiger partial charge in [0.25, 0.3) is 11.6 Å². The molecule has 2 aromatic rings. The molecule has 0 saturated heterocycles. The van der Waals surface area contributed by atoms with Gasteiger partial charge in [-0.3, -0.25) is 20.2 Å². The van der Waals surface area contributed by atoms with Crippen molar-refractivity contribution in [2.75, 3.05) is 12.4 Å². The largest absolute Gasteiger partial charge is 0.495 e. The number of halogens is 1. The summed E-state index contributed by atoms with van der Waals surface area (Å²) in [6, 6.07) is 10.5. The number of carbonyl (C=O) groups excluding carboxylic acids is 1. The number of nitrogens with zero attached hydrogens (tertiary/aromatic N) is 1. The lowest BCUT2D eigenvalue weighted by molar-refractivity contribution is -0.385. The van der Waals surface area contributed by atoms with Gasteiger partial charge in [0.15, 0.2) is 5.11 Å². The number of rotatable bonds is 4. The van der Waals surface area contributed by atoms with E-state index in [0.29, 0.717) is 16.5 Å². The molecule has 0 fully saturated rings. The first-order valence-electron chi connectivity index (χ1n) is 6.61. The van der Waals surface area contributed by atoms with Crippen LogP contribution >= 0.6 is 23.8 Å². The maximum Gasteiger partial charge on any atom is 0.282 e. The lowest BCUT2D eigenvalue weighted by Gasteiger charge is -2.11. The number of nitro benzene ring substituents is 1. The number of carbonyl (C=O) groups is 1. The number of anilines is 1. The van der Waals surface area contributed by atoms with Gasteiger partial charge in [-0.05, 0) is 36.5 Å². The SMILES string of the molecule is COc1ccc(NC(=S)NC(=O)c2ccccc2[N+](=O)[O-])cc1Cl. The molecule has 2 rings (SSSR count). The lowest BCUT2D eigenvalue weighted by atomic mass is 10.1. The van der Waals surface area contributed by atoms with Crippen LogP contribution < -0.4 is 15.4 Å². The van der Waals surface area contributed by atoms with E-state index in [-0.39, 0.29) is 16.4 Å². The maximum atomic E-state index is 12.1. The molecule has 0 aliphatic heterocycles. The Bertz CT molecular complexity index is 813. The summed E-state index contributed by atoms with van der Waals surface area (Å²) in [5, 5.41) is 16.5. The van der Waals surface area contributed by atoms with Crippen molar-refractivity contribution in [1.82, 2.24) is 5.32 Å². The number of para-hydroxylation sites is 1. The van der Waals surface area contributed by atoms with Crippen LogP contribution in [0.25, 0.3) is 0 Å². The van der Waals surface area contributed by atoms with Crippen LogP contribution in [-0.2, 0) is 0 Å². The number of amides is 1. The Morgan fingerprint density at radius 1 is 1.29 bits per heavy atom. The van der Waals surface area contributed by atoms with Gasteiger partial charge < -0.3 is 10.1 Å². The number of benzene rings is 2. The van der Waals surface area contributed by atoms with Crippen molar-refractivity contribution in [3.05, 3.63) is 63.2 Å². The van der Waals surface area contributed by atoms with E-state index < -0.39 is 10.8 Å². The van der Waals surface area contributed by atoms with Crippen LogP contribution in [0.2, 0.25) is 5.02 Å². The van der Waals surface area contributed by atoms with Crippen molar-refractivity contribution in [3.63, 3.8) is 0 Å². The Morgan fingerprint density at radius 3 is 2.62 bits per heavy atom. The average Bonchev–Trinajstić information content (AvgIpc) is 2.54. The molecule has 0 saturated carbocycles. The monoisotopic (exact) mass is 365 g/mol. The summed E-state index contributed by atoms with van der Waals surface area (Å²) < 4.78 is 5.04. The average molecular weight is 366 g/mol. The topological polar surface area (TPSA) is 93.5 Å². The number of ether oxygens (including phenoxy) is 1. The summed E-state index contributed by atoms with van der Waals surface area (Å²) in [5.74, 6) is -0.184.